The number of hydrogen-bond donors (Lipinski definition) is 1. The minimum absolute atomic E-state index is 0.0183. The molecule has 8 heteroatoms. The van der Waals surface area contributed by atoms with Gasteiger partial charge >= 0.3 is 0 Å². The van der Waals surface area contributed by atoms with E-state index in [-0.39, 0.29) is 24.6 Å². The minimum Gasteiger partial charge on any atom is -0.319 e. The van der Waals surface area contributed by atoms with Crippen LogP contribution in [-0.2, 0) is 14.8 Å². The van der Waals surface area contributed by atoms with E-state index in [2.05, 4.69) is 5.32 Å². The number of hydrogen-bond acceptors (Lipinski definition) is 6. The molecule has 1 heterocycles. The second-order valence-corrected chi connectivity index (χ2v) is 9.41. The van der Waals surface area contributed by atoms with Crippen LogP contribution < -0.4 is 5.32 Å². The molecule has 0 aliphatic carbocycles. The van der Waals surface area contributed by atoms with E-state index in [1.807, 2.05) is 12.1 Å². The fourth-order valence-electron chi connectivity index (χ4n) is 3.28. The number of ketones is 1. The Bertz CT molecular complexity index is 1170. The van der Waals surface area contributed by atoms with Gasteiger partial charge in [-0.3, -0.25) is 4.79 Å². The van der Waals surface area contributed by atoms with Gasteiger partial charge in [-0.1, -0.05) is 24.3 Å². The molecule has 1 aliphatic rings. The van der Waals surface area contributed by atoms with E-state index >= 15 is 0 Å². The number of rotatable bonds is 6. The molecular weight excluding hydrogens is 424 g/mol. The Labute approximate surface area is 187 Å². The number of benzene rings is 2. The molecule has 0 spiro atoms. The third-order valence-corrected chi connectivity index (χ3v) is 6.81. The van der Waals surface area contributed by atoms with Crippen molar-refractivity contribution in [2.24, 2.45) is 0 Å². The number of nitriles is 2. The number of piperidine rings is 1. The lowest BCUT2D eigenvalue weighted by atomic mass is 9.95. The Hall–Kier alpha value is -3.56. The summed E-state index contributed by atoms with van der Waals surface area (Å²) < 4.78 is 27.0. The van der Waals surface area contributed by atoms with Gasteiger partial charge in [0, 0.05) is 30.8 Å². The maximum atomic E-state index is 13.2. The van der Waals surface area contributed by atoms with Crippen molar-refractivity contribution in [1.29, 1.82) is 10.5 Å². The number of carbonyl (C=O) groups is 1. The SMILES string of the molecule is CNCCS(=O)(=O)N1C/C(=C\c2ccc(C#N)cc2)C(=O)/C(=C/c2ccc(C#N)cc2)C1. The molecule has 0 atom stereocenters. The molecule has 1 N–H and O–H groups in total. The second-order valence-electron chi connectivity index (χ2n) is 7.32. The highest BCUT2D eigenvalue weighted by Gasteiger charge is 2.32. The lowest BCUT2D eigenvalue weighted by Crippen LogP contribution is -2.43. The van der Waals surface area contributed by atoms with Crippen molar-refractivity contribution in [3.05, 3.63) is 81.9 Å². The normalized spacial score (nSPS) is 17.3. The lowest BCUT2D eigenvalue weighted by Gasteiger charge is -2.29. The molecule has 2 aromatic carbocycles. The summed E-state index contributed by atoms with van der Waals surface area (Å²) in [7, 11) is -1.91. The van der Waals surface area contributed by atoms with Gasteiger partial charge in [0.2, 0.25) is 10.0 Å². The maximum absolute atomic E-state index is 13.2. The largest absolute Gasteiger partial charge is 0.319 e. The fourth-order valence-corrected chi connectivity index (χ4v) is 4.67. The Morgan fingerprint density at radius 2 is 1.34 bits per heavy atom. The number of nitrogens with one attached hydrogen (secondary N) is 1. The van der Waals surface area contributed by atoms with E-state index in [1.165, 1.54) is 4.31 Å². The molecule has 1 fully saturated rings. The standard InChI is InChI=1S/C24H22N4O3S/c1-27-10-11-32(30,31)28-16-22(12-18-2-6-20(14-25)7-3-18)24(29)23(17-28)13-19-4-8-21(15-26)9-5-19/h2-9,12-13,27H,10-11,16-17H2,1H3/b22-12+,23-13+. The van der Waals surface area contributed by atoms with Crippen molar-refractivity contribution in [2.45, 2.75) is 0 Å². The third-order valence-electron chi connectivity index (χ3n) is 5.04. The first-order valence-corrected chi connectivity index (χ1v) is 11.6. The van der Waals surface area contributed by atoms with Crippen LogP contribution in [0.1, 0.15) is 22.3 Å². The number of carbonyl (C=O) groups excluding carboxylic acids is 1. The number of nitrogens with zero attached hydrogens (tertiary/aromatic N) is 3. The predicted molar refractivity (Wildman–Crippen MR) is 123 cm³/mol. The Morgan fingerprint density at radius 1 is 0.906 bits per heavy atom. The topological polar surface area (TPSA) is 114 Å². The van der Waals surface area contributed by atoms with Crippen LogP contribution >= 0.6 is 0 Å². The zero-order valence-electron chi connectivity index (χ0n) is 17.6. The number of sulfonamides is 1. The molecule has 1 saturated heterocycles. The van der Waals surface area contributed by atoms with Crippen LogP contribution in [0.15, 0.2) is 59.7 Å². The van der Waals surface area contributed by atoms with Crippen molar-refractivity contribution in [1.82, 2.24) is 9.62 Å². The molecule has 3 rings (SSSR count). The van der Waals surface area contributed by atoms with Crippen LogP contribution in [0.3, 0.4) is 0 Å². The van der Waals surface area contributed by atoms with Crippen LogP contribution in [0.5, 0.6) is 0 Å². The van der Waals surface area contributed by atoms with Gasteiger partial charge in [0.25, 0.3) is 0 Å². The van der Waals surface area contributed by atoms with Gasteiger partial charge in [-0.05, 0) is 54.6 Å². The van der Waals surface area contributed by atoms with Crippen molar-refractivity contribution >= 4 is 28.0 Å². The van der Waals surface area contributed by atoms with Crippen LogP contribution in [0.2, 0.25) is 0 Å². The first-order valence-electron chi connectivity index (χ1n) is 9.95. The monoisotopic (exact) mass is 446 g/mol. The van der Waals surface area contributed by atoms with Gasteiger partial charge in [-0.2, -0.15) is 14.8 Å². The maximum Gasteiger partial charge on any atom is 0.215 e. The highest BCUT2D eigenvalue weighted by molar-refractivity contribution is 7.89. The highest BCUT2D eigenvalue weighted by Crippen LogP contribution is 2.24. The van der Waals surface area contributed by atoms with Crippen molar-refractivity contribution in [3.8, 4) is 12.1 Å². The first kappa shape index (κ1) is 23.1. The van der Waals surface area contributed by atoms with Crippen LogP contribution in [0.4, 0.5) is 0 Å². The Morgan fingerprint density at radius 3 is 1.72 bits per heavy atom. The molecule has 0 saturated carbocycles. The summed E-state index contributed by atoms with van der Waals surface area (Å²) in [5.74, 6) is -0.301. The number of Topliss-reactive ketones (excluding diaryl/α,β-unsaturated/α-hetero) is 1. The van der Waals surface area contributed by atoms with E-state index in [9.17, 15) is 13.2 Å². The molecular formula is C24H22N4O3S. The van der Waals surface area contributed by atoms with Gasteiger partial charge in [-0.25, -0.2) is 8.42 Å². The molecule has 0 radical (unpaired) electrons. The van der Waals surface area contributed by atoms with E-state index in [0.717, 1.165) is 0 Å². The zero-order chi connectivity index (χ0) is 23.1. The van der Waals surface area contributed by atoms with E-state index in [0.29, 0.717) is 39.9 Å². The van der Waals surface area contributed by atoms with Gasteiger partial charge in [-0.15, -0.1) is 0 Å². The van der Waals surface area contributed by atoms with Crippen molar-refractivity contribution in [2.75, 3.05) is 32.4 Å². The van der Waals surface area contributed by atoms with Gasteiger partial charge in [0.05, 0.1) is 29.0 Å². The Kier molecular flexibility index (Phi) is 7.34. The fraction of sp³-hybridized carbons (Fsp3) is 0.208. The average molecular weight is 447 g/mol. The molecule has 7 nitrogen and oxygen atoms in total. The Balaban J connectivity index is 2.00. The van der Waals surface area contributed by atoms with E-state index < -0.39 is 10.0 Å². The summed E-state index contributed by atoms with van der Waals surface area (Å²) in [6.07, 6.45) is 3.33. The molecule has 0 bridgehead atoms. The molecule has 32 heavy (non-hydrogen) atoms. The summed E-state index contributed by atoms with van der Waals surface area (Å²) in [5.41, 5.74) is 3.13. The van der Waals surface area contributed by atoms with Crippen LogP contribution in [0.25, 0.3) is 12.2 Å². The van der Waals surface area contributed by atoms with Gasteiger partial charge in [0.1, 0.15) is 0 Å². The zero-order valence-corrected chi connectivity index (χ0v) is 18.4. The van der Waals surface area contributed by atoms with Crippen molar-refractivity contribution < 1.29 is 13.2 Å². The predicted octanol–water partition coefficient (Wildman–Crippen LogP) is 2.33. The molecule has 1 aliphatic heterocycles. The molecule has 0 aromatic heterocycles. The first-order chi connectivity index (χ1) is 15.4. The molecule has 2 aromatic rings. The quantitative estimate of drug-likeness (QED) is 0.681. The van der Waals surface area contributed by atoms with Crippen molar-refractivity contribution in [3.63, 3.8) is 0 Å². The third kappa shape index (κ3) is 5.57. The second kappa shape index (κ2) is 10.2. The highest BCUT2D eigenvalue weighted by atomic mass is 32.2. The molecule has 162 valence electrons. The van der Waals surface area contributed by atoms with E-state index in [1.54, 1.807) is 67.7 Å². The smallest absolute Gasteiger partial charge is 0.215 e. The summed E-state index contributed by atoms with van der Waals surface area (Å²) >= 11 is 0. The minimum atomic E-state index is -3.59. The summed E-state index contributed by atoms with van der Waals surface area (Å²) in [5, 5.41) is 20.8. The summed E-state index contributed by atoms with van der Waals surface area (Å²) in [6, 6.07) is 17.6. The summed E-state index contributed by atoms with van der Waals surface area (Å²) in [6.45, 7) is 0.265. The van der Waals surface area contributed by atoms with Crippen LogP contribution in [-0.4, -0.2) is 50.9 Å². The van der Waals surface area contributed by atoms with Crippen LogP contribution in [0, 0.1) is 22.7 Å². The van der Waals surface area contributed by atoms with Gasteiger partial charge in [0.15, 0.2) is 5.78 Å². The molecule has 0 amide bonds. The van der Waals surface area contributed by atoms with E-state index in [4.69, 9.17) is 10.5 Å². The lowest BCUT2D eigenvalue weighted by molar-refractivity contribution is -0.113. The molecule has 0 unspecified atom stereocenters. The van der Waals surface area contributed by atoms with Gasteiger partial charge < -0.3 is 5.32 Å². The summed E-state index contributed by atoms with van der Waals surface area (Å²) in [4.78, 5) is 13.2. The average Bonchev–Trinajstić information content (AvgIpc) is 2.81.